The van der Waals surface area contributed by atoms with Crippen molar-refractivity contribution in [2.75, 3.05) is 19.9 Å². The second kappa shape index (κ2) is 5.29. The maximum Gasteiger partial charge on any atom is 0.330 e. The van der Waals surface area contributed by atoms with Gasteiger partial charge < -0.3 is 4.74 Å². The van der Waals surface area contributed by atoms with E-state index in [4.69, 9.17) is 0 Å². The van der Waals surface area contributed by atoms with Gasteiger partial charge in [0.15, 0.2) is 0 Å². The van der Waals surface area contributed by atoms with Gasteiger partial charge in [0.05, 0.1) is 6.67 Å². The third kappa shape index (κ3) is 4.48. The maximum absolute atomic E-state index is 12.0. The zero-order chi connectivity index (χ0) is 9.61. The summed E-state index contributed by atoms with van der Waals surface area (Å²) in [6.07, 6.45) is -3.79. The molecule has 0 radical (unpaired) electrons. The Morgan fingerprint density at radius 3 is 2.25 bits per heavy atom. The van der Waals surface area contributed by atoms with E-state index in [0.717, 1.165) is 0 Å². The summed E-state index contributed by atoms with van der Waals surface area (Å²) in [7, 11) is 0. The second-order valence-electron chi connectivity index (χ2n) is 2.16. The largest absolute Gasteiger partial charge is 0.375 e. The molecule has 0 heterocycles. The Labute approximate surface area is 66.5 Å². The molecule has 0 unspecified atom stereocenters. The number of hydrogen-bond donors (Lipinski definition) is 0. The van der Waals surface area contributed by atoms with Gasteiger partial charge in [-0.3, -0.25) is 4.39 Å². The van der Waals surface area contributed by atoms with Gasteiger partial charge in [-0.15, -0.1) is 0 Å². The molecule has 74 valence electrons. The SMILES string of the molecule is FCCCOCC(F)(F)C(F)F. The lowest BCUT2D eigenvalue weighted by Crippen LogP contribution is -2.32. The fraction of sp³-hybridized carbons (Fsp3) is 1.00. The first-order valence-electron chi connectivity index (χ1n) is 3.30. The van der Waals surface area contributed by atoms with Crippen LogP contribution in [0.2, 0.25) is 0 Å². The first-order chi connectivity index (χ1) is 5.50. The Balaban J connectivity index is 3.47. The van der Waals surface area contributed by atoms with Gasteiger partial charge in [0.1, 0.15) is 6.61 Å². The van der Waals surface area contributed by atoms with E-state index in [2.05, 4.69) is 4.74 Å². The van der Waals surface area contributed by atoms with E-state index in [1.807, 2.05) is 0 Å². The van der Waals surface area contributed by atoms with Crippen LogP contribution in [0.1, 0.15) is 6.42 Å². The van der Waals surface area contributed by atoms with Crippen LogP contribution in [0.25, 0.3) is 0 Å². The van der Waals surface area contributed by atoms with Crippen molar-refractivity contribution in [1.29, 1.82) is 0 Å². The highest BCUT2D eigenvalue weighted by atomic mass is 19.3. The van der Waals surface area contributed by atoms with Crippen LogP contribution in [0.5, 0.6) is 0 Å². The highest BCUT2D eigenvalue weighted by Crippen LogP contribution is 2.22. The molecule has 1 nitrogen and oxygen atoms in total. The number of rotatable bonds is 6. The van der Waals surface area contributed by atoms with Gasteiger partial charge in [-0.05, 0) is 6.42 Å². The zero-order valence-corrected chi connectivity index (χ0v) is 6.20. The van der Waals surface area contributed by atoms with Crippen LogP contribution in [-0.2, 0) is 4.74 Å². The van der Waals surface area contributed by atoms with Crippen molar-refractivity contribution in [2.24, 2.45) is 0 Å². The molecule has 0 aliphatic rings. The van der Waals surface area contributed by atoms with Crippen LogP contribution in [0.3, 0.4) is 0 Å². The topological polar surface area (TPSA) is 9.23 Å². The number of halogens is 5. The van der Waals surface area contributed by atoms with E-state index in [1.54, 1.807) is 0 Å². The smallest absolute Gasteiger partial charge is 0.330 e. The molecule has 0 aromatic heterocycles. The Kier molecular flexibility index (Phi) is 5.12. The summed E-state index contributed by atoms with van der Waals surface area (Å²) >= 11 is 0. The lowest BCUT2D eigenvalue weighted by atomic mass is 10.4. The molecule has 0 spiro atoms. The molecule has 0 aliphatic heterocycles. The molecule has 0 rings (SSSR count). The monoisotopic (exact) mass is 192 g/mol. The Hall–Kier alpha value is -0.390. The quantitative estimate of drug-likeness (QED) is 0.463. The molecule has 0 aliphatic carbocycles. The van der Waals surface area contributed by atoms with Gasteiger partial charge in [0, 0.05) is 6.61 Å². The van der Waals surface area contributed by atoms with Crippen molar-refractivity contribution < 1.29 is 26.7 Å². The van der Waals surface area contributed by atoms with Crippen molar-refractivity contribution in [3.8, 4) is 0 Å². The fourth-order valence-electron chi connectivity index (χ4n) is 0.428. The molecule has 0 N–H and O–H groups in total. The third-order valence-electron chi connectivity index (χ3n) is 1.04. The highest BCUT2D eigenvalue weighted by Gasteiger charge is 2.40. The standard InChI is InChI=1S/C6H9F5O/c7-2-1-3-12-4-6(10,11)5(8)9/h5H,1-4H2. The Morgan fingerprint density at radius 2 is 1.83 bits per heavy atom. The summed E-state index contributed by atoms with van der Waals surface area (Å²) in [5.74, 6) is -4.13. The van der Waals surface area contributed by atoms with E-state index >= 15 is 0 Å². The first-order valence-corrected chi connectivity index (χ1v) is 3.30. The predicted molar refractivity (Wildman–Crippen MR) is 32.4 cm³/mol. The van der Waals surface area contributed by atoms with E-state index in [-0.39, 0.29) is 13.0 Å². The zero-order valence-electron chi connectivity index (χ0n) is 6.20. The summed E-state index contributed by atoms with van der Waals surface area (Å²) in [5, 5.41) is 0. The number of alkyl halides is 5. The molecular formula is C6H9F5O. The van der Waals surface area contributed by atoms with Crippen LogP contribution in [0.15, 0.2) is 0 Å². The number of hydrogen-bond acceptors (Lipinski definition) is 1. The molecule has 6 heteroatoms. The molecule has 0 atom stereocenters. The first kappa shape index (κ1) is 11.6. The third-order valence-corrected chi connectivity index (χ3v) is 1.04. The van der Waals surface area contributed by atoms with Crippen LogP contribution < -0.4 is 0 Å². The molecule has 0 saturated carbocycles. The normalized spacial score (nSPS) is 12.5. The van der Waals surface area contributed by atoms with Gasteiger partial charge >= 0.3 is 12.3 Å². The Bertz CT molecular complexity index is 117. The summed E-state index contributed by atoms with van der Waals surface area (Å²) in [6.45, 7) is -2.33. The minimum atomic E-state index is -4.13. The second-order valence-corrected chi connectivity index (χ2v) is 2.16. The van der Waals surface area contributed by atoms with E-state index in [1.165, 1.54) is 0 Å². The van der Waals surface area contributed by atoms with Gasteiger partial charge in [0.2, 0.25) is 0 Å². The van der Waals surface area contributed by atoms with Gasteiger partial charge in [-0.1, -0.05) is 0 Å². The lowest BCUT2D eigenvalue weighted by molar-refractivity contribution is -0.166. The lowest BCUT2D eigenvalue weighted by Gasteiger charge is -2.14. The molecule has 0 saturated heterocycles. The van der Waals surface area contributed by atoms with Crippen LogP contribution in [0.4, 0.5) is 22.0 Å². The summed E-state index contributed by atoms with van der Waals surface area (Å²) < 4.78 is 62.3. The van der Waals surface area contributed by atoms with Crippen molar-refractivity contribution in [3.05, 3.63) is 0 Å². The van der Waals surface area contributed by atoms with Crippen LogP contribution >= 0.6 is 0 Å². The molecule has 0 bridgehead atoms. The fourth-order valence-corrected chi connectivity index (χ4v) is 0.428. The maximum atomic E-state index is 12.0. The molecule has 0 amide bonds. The summed E-state index contributed by atoms with van der Waals surface area (Å²) in [6, 6.07) is 0. The Morgan fingerprint density at radius 1 is 1.25 bits per heavy atom. The van der Waals surface area contributed by atoms with E-state index in [9.17, 15) is 22.0 Å². The highest BCUT2D eigenvalue weighted by molar-refractivity contribution is 4.67. The summed E-state index contributed by atoms with van der Waals surface area (Å²) in [5.41, 5.74) is 0. The van der Waals surface area contributed by atoms with Crippen molar-refractivity contribution >= 4 is 0 Å². The van der Waals surface area contributed by atoms with Crippen LogP contribution in [-0.4, -0.2) is 32.2 Å². The van der Waals surface area contributed by atoms with Gasteiger partial charge in [-0.25, -0.2) is 8.78 Å². The molecule has 0 fully saturated rings. The van der Waals surface area contributed by atoms with Crippen molar-refractivity contribution in [1.82, 2.24) is 0 Å². The number of ether oxygens (including phenoxy) is 1. The van der Waals surface area contributed by atoms with Gasteiger partial charge in [0.25, 0.3) is 0 Å². The minimum absolute atomic E-state index is 0.0562. The van der Waals surface area contributed by atoms with E-state index < -0.39 is 25.6 Å². The molecule has 0 aromatic carbocycles. The molecular weight excluding hydrogens is 183 g/mol. The van der Waals surface area contributed by atoms with E-state index in [0.29, 0.717) is 0 Å². The van der Waals surface area contributed by atoms with Crippen LogP contribution in [0, 0.1) is 0 Å². The van der Waals surface area contributed by atoms with Crippen molar-refractivity contribution in [3.63, 3.8) is 0 Å². The van der Waals surface area contributed by atoms with Crippen molar-refractivity contribution in [2.45, 2.75) is 18.8 Å². The molecule has 0 aromatic rings. The average Bonchev–Trinajstić information content (AvgIpc) is 1.98. The summed E-state index contributed by atoms with van der Waals surface area (Å²) in [4.78, 5) is 0. The predicted octanol–water partition coefficient (Wildman–Crippen LogP) is 2.26. The average molecular weight is 192 g/mol. The molecule has 12 heavy (non-hydrogen) atoms. The van der Waals surface area contributed by atoms with Gasteiger partial charge in [-0.2, -0.15) is 8.78 Å². The minimum Gasteiger partial charge on any atom is -0.375 e.